The van der Waals surface area contributed by atoms with E-state index in [1.807, 2.05) is 0 Å². The highest BCUT2D eigenvalue weighted by molar-refractivity contribution is 7.02. The lowest BCUT2D eigenvalue weighted by Crippen LogP contribution is -2.61. The summed E-state index contributed by atoms with van der Waals surface area (Å²) in [6.07, 6.45) is 0. The molecule has 0 amide bonds. The van der Waals surface area contributed by atoms with E-state index in [1.54, 1.807) is 0 Å². The standard InChI is InChI=1S/C90H74BN3O/c1-88(2,3)63-44-45-74-78(56-63)94(87-71(59-33-19-12-20-34-59)54-65(90(7,8)9)55-72(87)60-35-21-13-22-36-60)80-51-62(61-43-48-82-73(49-61)67-39-26-28-42-81(67)95-82)50-79-84(80)91(74)85-77(47-46-76-83(85)68-40-25-27-41-75(68)92(76)66-37-23-14-24-38-66)93(79)86-69(57-29-15-10-16-30-57)52-64(89(4,5)6)53-70(86)58-31-17-11-18-32-58/h10-56H,1-9H3. The first-order valence-corrected chi connectivity index (χ1v) is 33.6. The van der Waals surface area contributed by atoms with Crippen molar-refractivity contribution in [3.63, 3.8) is 0 Å². The van der Waals surface area contributed by atoms with Crippen molar-refractivity contribution in [1.29, 1.82) is 0 Å². The number of anilines is 6. The van der Waals surface area contributed by atoms with Crippen LogP contribution in [0.1, 0.15) is 79.0 Å². The number of hydrogen-bond donors (Lipinski definition) is 0. The zero-order chi connectivity index (χ0) is 64.6. The number of benzene rings is 13. The summed E-state index contributed by atoms with van der Waals surface area (Å²) < 4.78 is 9.13. The number of hydrogen-bond acceptors (Lipinski definition) is 3. The second-order valence-electron chi connectivity index (χ2n) is 29.2. The van der Waals surface area contributed by atoms with E-state index in [0.717, 1.165) is 101 Å². The predicted molar refractivity (Wildman–Crippen MR) is 405 cm³/mol. The second-order valence-corrected chi connectivity index (χ2v) is 29.2. The summed E-state index contributed by atoms with van der Waals surface area (Å²) in [6.45, 7) is 20.9. The molecule has 0 radical (unpaired) electrons. The highest BCUT2D eigenvalue weighted by atomic mass is 16.3. The van der Waals surface area contributed by atoms with Gasteiger partial charge in [0.1, 0.15) is 11.2 Å². The van der Waals surface area contributed by atoms with Crippen LogP contribution >= 0.6 is 0 Å². The Morgan fingerprint density at radius 3 is 1.26 bits per heavy atom. The monoisotopic (exact) mass is 1220 g/mol. The molecule has 0 fully saturated rings. The van der Waals surface area contributed by atoms with Crippen molar-refractivity contribution in [3.8, 4) is 61.3 Å². The minimum Gasteiger partial charge on any atom is -0.456 e. The number of furan rings is 1. The molecule has 17 rings (SSSR count). The third kappa shape index (κ3) is 9.49. The van der Waals surface area contributed by atoms with E-state index in [4.69, 9.17) is 4.42 Å². The van der Waals surface area contributed by atoms with Crippen LogP contribution < -0.4 is 26.2 Å². The molecule has 13 aromatic carbocycles. The number of aromatic nitrogens is 1. The first kappa shape index (κ1) is 58.0. The molecule has 0 saturated carbocycles. The van der Waals surface area contributed by atoms with E-state index in [9.17, 15) is 0 Å². The number of para-hydroxylation sites is 3. The van der Waals surface area contributed by atoms with Gasteiger partial charge < -0.3 is 18.8 Å². The Labute approximate surface area is 558 Å². The largest absolute Gasteiger partial charge is 0.456 e. The molecular formula is C90H74BN3O. The van der Waals surface area contributed by atoms with Crippen molar-refractivity contribution in [2.45, 2.75) is 78.6 Å². The van der Waals surface area contributed by atoms with Crippen LogP contribution in [0, 0.1) is 0 Å². The fraction of sp³-hybridized carbons (Fsp3) is 0.133. The fourth-order valence-corrected chi connectivity index (χ4v) is 15.4. The predicted octanol–water partition coefficient (Wildman–Crippen LogP) is 23.0. The van der Waals surface area contributed by atoms with Gasteiger partial charge in [-0.15, -0.1) is 0 Å². The van der Waals surface area contributed by atoms with Crippen molar-refractivity contribution < 1.29 is 4.42 Å². The molecule has 0 spiro atoms. The van der Waals surface area contributed by atoms with Crippen molar-refractivity contribution in [2.75, 3.05) is 9.80 Å². The molecule has 0 aliphatic carbocycles. The zero-order valence-electron chi connectivity index (χ0n) is 55.5. The first-order valence-electron chi connectivity index (χ1n) is 33.6. The maximum Gasteiger partial charge on any atom is 0.253 e. The molecule has 0 saturated heterocycles. The molecule has 0 bridgehead atoms. The van der Waals surface area contributed by atoms with E-state index >= 15 is 0 Å². The van der Waals surface area contributed by atoms with Crippen LogP contribution in [0.5, 0.6) is 0 Å². The van der Waals surface area contributed by atoms with Crippen molar-refractivity contribution in [2.24, 2.45) is 0 Å². The highest BCUT2D eigenvalue weighted by Crippen LogP contribution is 2.56. The van der Waals surface area contributed by atoms with Crippen molar-refractivity contribution in [3.05, 3.63) is 302 Å². The molecule has 0 unspecified atom stereocenters. The molecular weight excluding hydrogens is 1150 g/mol. The third-order valence-electron chi connectivity index (χ3n) is 20.2. The van der Waals surface area contributed by atoms with E-state index in [0.29, 0.717) is 0 Å². The average molecular weight is 1220 g/mol. The summed E-state index contributed by atoms with van der Waals surface area (Å²) in [5.74, 6) is 0. The molecule has 0 N–H and O–H groups in total. The van der Waals surface area contributed by atoms with Crippen LogP contribution in [-0.2, 0) is 16.2 Å². The second kappa shape index (κ2) is 21.9. The smallest absolute Gasteiger partial charge is 0.253 e. The topological polar surface area (TPSA) is 24.6 Å². The van der Waals surface area contributed by atoms with E-state index in [2.05, 4.69) is 362 Å². The summed E-state index contributed by atoms with van der Waals surface area (Å²) in [6, 6.07) is 108. The lowest BCUT2D eigenvalue weighted by atomic mass is 9.32. The van der Waals surface area contributed by atoms with Crippen LogP contribution in [-0.4, -0.2) is 11.3 Å². The Balaban J connectivity index is 1.11. The number of nitrogens with zero attached hydrogens (tertiary/aromatic N) is 3. The van der Waals surface area contributed by atoms with Gasteiger partial charge >= 0.3 is 0 Å². The summed E-state index contributed by atoms with van der Waals surface area (Å²) >= 11 is 0. The Kier molecular flexibility index (Phi) is 13.3. The van der Waals surface area contributed by atoms with E-state index in [-0.39, 0.29) is 23.0 Å². The molecule has 5 heteroatoms. The minimum atomic E-state index is -0.261. The molecule has 0 atom stereocenters. The number of fused-ring (bicyclic) bond motifs is 11. The van der Waals surface area contributed by atoms with Gasteiger partial charge in [-0.1, -0.05) is 256 Å². The quantitative estimate of drug-likeness (QED) is 0.142. The maximum atomic E-state index is 6.63. The van der Waals surface area contributed by atoms with Crippen LogP contribution in [0.15, 0.2) is 290 Å². The van der Waals surface area contributed by atoms with Gasteiger partial charge in [-0.3, -0.25) is 0 Å². The zero-order valence-corrected chi connectivity index (χ0v) is 55.5. The summed E-state index contributed by atoms with van der Waals surface area (Å²) in [7, 11) is 0. The molecule has 15 aromatic rings. The van der Waals surface area contributed by atoms with Gasteiger partial charge in [0.05, 0.1) is 22.4 Å². The van der Waals surface area contributed by atoms with Crippen LogP contribution in [0.4, 0.5) is 34.1 Å². The first-order chi connectivity index (χ1) is 46.0. The van der Waals surface area contributed by atoms with Gasteiger partial charge in [0.2, 0.25) is 0 Å². The molecule has 95 heavy (non-hydrogen) atoms. The minimum absolute atomic E-state index is 0.186. The third-order valence-corrected chi connectivity index (χ3v) is 20.2. The Morgan fingerprint density at radius 1 is 0.295 bits per heavy atom. The maximum absolute atomic E-state index is 6.63. The molecule has 2 aliphatic rings. The van der Waals surface area contributed by atoms with E-state index in [1.165, 1.54) is 71.7 Å². The van der Waals surface area contributed by atoms with Crippen LogP contribution in [0.3, 0.4) is 0 Å². The summed E-state index contributed by atoms with van der Waals surface area (Å²) in [5.41, 5.74) is 30.5. The Bertz CT molecular complexity index is 5410. The molecule has 458 valence electrons. The lowest BCUT2D eigenvalue weighted by Gasteiger charge is -2.46. The van der Waals surface area contributed by atoms with Gasteiger partial charge in [0.15, 0.2) is 0 Å². The van der Waals surface area contributed by atoms with Gasteiger partial charge in [-0.25, -0.2) is 0 Å². The lowest BCUT2D eigenvalue weighted by molar-refractivity contribution is 0.590. The van der Waals surface area contributed by atoms with Crippen molar-refractivity contribution in [1.82, 2.24) is 4.57 Å². The SMILES string of the molecule is CC(C)(C)c1cc(-c2ccccc2)c(N2c3cc(C(C)(C)C)ccc3B3c4c2cc(-c2ccc5oc6ccccc6c5c2)cc4N(c2c(-c4ccccc4)cc(C(C)(C)C)cc2-c2ccccc2)c2ccc4c(c23)c2ccccc2n4-c2ccccc2)c(-c2ccccc2)c1. The number of rotatable bonds is 8. The molecule has 2 aromatic heterocycles. The van der Waals surface area contributed by atoms with Gasteiger partial charge in [0, 0.05) is 72.2 Å². The van der Waals surface area contributed by atoms with Crippen LogP contribution in [0.25, 0.3) is 105 Å². The van der Waals surface area contributed by atoms with E-state index < -0.39 is 0 Å². The Morgan fingerprint density at radius 2 is 0.747 bits per heavy atom. The van der Waals surface area contributed by atoms with Gasteiger partial charge in [-0.2, -0.15) is 0 Å². The molecule has 4 nitrogen and oxygen atoms in total. The molecule has 4 heterocycles. The highest BCUT2D eigenvalue weighted by Gasteiger charge is 2.47. The Hall–Kier alpha value is -10.9. The fourth-order valence-electron chi connectivity index (χ4n) is 15.4. The van der Waals surface area contributed by atoms with Gasteiger partial charge in [-0.05, 0) is 174 Å². The average Bonchev–Trinajstić information content (AvgIpc) is 1.61. The summed E-state index contributed by atoms with van der Waals surface area (Å²) in [4.78, 5) is 5.44. The normalized spacial score (nSPS) is 13.0. The van der Waals surface area contributed by atoms with Crippen molar-refractivity contribution >= 4 is 101 Å². The van der Waals surface area contributed by atoms with Gasteiger partial charge in [0.25, 0.3) is 6.71 Å². The molecule has 2 aliphatic heterocycles. The van der Waals surface area contributed by atoms with Crippen LogP contribution in [0.2, 0.25) is 0 Å². The summed E-state index contributed by atoms with van der Waals surface area (Å²) in [5, 5.41) is 4.64.